The minimum Gasteiger partial charge on any atom is -0.289 e. The Morgan fingerprint density at radius 1 is 0.386 bits per heavy atom. The van der Waals surface area contributed by atoms with Crippen molar-refractivity contribution in [2.45, 2.75) is 268 Å². The Bertz CT molecular complexity index is 5520. The van der Waals surface area contributed by atoms with Gasteiger partial charge < -0.3 is 0 Å². The maximum Gasteiger partial charge on any atom is 0.270 e. The summed E-state index contributed by atoms with van der Waals surface area (Å²) in [5, 5.41) is 24.9. The van der Waals surface area contributed by atoms with E-state index in [0.717, 1.165) is 98.3 Å². The van der Waals surface area contributed by atoms with E-state index in [1.807, 2.05) is 34.8 Å². The van der Waals surface area contributed by atoms with Crippen molar-refractivity contribution in [2.75, 3.05) is 11.5 Å². The van der Waals surface area contributed by atoms with Crippen LogP contribution < -0.4 is 0 Å². The van der Waals surface area contributed by atoms with Crippen molar-refractivity contribution < 1.29 is 9.59 Å². The van der Waals surface area contributed by atoms with E-state index >= 15 is 0 Å². The van der Waals surface area contributed by atoms with Crippen LogP contribution in [-0.4, -0.2) is 23.1 Å². The molecule has 4 aliphatic rings. The van der Waals surface area contributed by atoms with E-state index in [1.165, 1.54) is 238 Å². The SMILES string of the molecule is [C-]#[N+]C(C#N)=C1/C(=C/c2cc3c(s2)-c2sc4c(sc5c4sc4c(SCCCCCCCC)c6c(sc7c8sc9c(c8sc76)C(CCCCCC)(CCCCCC)c6cc(/C=C7\C(=O)c8cc(Cl)c(Cl)cc8\C7=C(\C#N)[N+]#[C-])sc6-9)c(SCCCCCCCC)c45)c2C3(CCCCCC)CCCCCC)C(=O)c2cc(Cl)c(Cl)cc21. The zero-order valence-electron chi connectivity index (χ0n) is 65.9. The third-order valence-electron chi connectivity index (χ3n) is 24.0. The molecule has 8 heterocycles. The number of carbonyl (C=O) groups is 2. The van der Waals surface area contributed by atoms with Crippen LogP contribution in [0.5, 0.6) is 0 Å². The van der Waals surface area contributed by atoms with Crippen molar-refractivity contribution in [3.63, 3.8) is 0 Å². The number of carbonyl (C=O) groups excluding carboxylic acids is 2. The number of halogens is 4. The largest absolute Gasteiger partial charge is 0.289 e. The summed E-state index contributed by atoms with van der Waals surface area (Å²) in [6.07, 6.45) is 41.5. The number of thioether (sulfide) groups is 2. The first-order valence-corrected chi connectivity index (χ1v) is 51.5. The molecule has 0 atom stereocenters. The molecule has 0 aliphatic heterocycles. The summed E-state index contributed by atoms with van der Waals surface area (Å²) in [5.41, 5.74) is 8.04. The zero-order valence-corrected chi connectivity index (χ0v) is 77.0. The van der Waals surface area contributed by atoms with Crippen molar-refractivity contribution in [1.29, 1.82) is 10.5 Å². The Morgan fingerprint density at radius 3 is 1.03 bits per heavy atom. The van der Waals surface area contributed by atoms with Gasteiger partial charge in [-0.05, 0) is 121 Å². The molecule has 3 aromatic carbocycles. The second-order valence-corrected chi connectivity index (χ2v) is 43.6. The van der Waals surface area contributed by atoms with E-state index < -0.39 is 0 Å². The Hall–Kier alpha value is -5.06. The molecule has 0 saturated heterocycles. The van der Waals surface area contributed by atoms with E-state index in [9.17, 15) is 20.1 Å². The van der Waals surface area contributed by atoms with Crippen molar-refractivity contribution in [1.82, 2.24) is 0 Å². The number of benzene rings is 3. The van der Waals surface area contributed by atoms with Crippen LogP contribution in [0.2, 0.25) is 20.1 Å². The van der Waals surface area contributed by atoms with Crippen LogP contribution in [0, 0.1) is 35.8 Å². The number of rotatable bonds is 38. The normalized spacial score (nSPS) is 16.1. The summed E-state index contributed by atoms with van der Waals surface area (Å²) in [6, 6.07) is 15.5. The van der Waals surface area contributed by atoms with Gasteiger partial charge in [-0.3, -0.25) is 9.59 Å². The summed E-state index contributed by atoms with van der Waals surface area (Å²) in [4.78, 5) is 47.0. The van der Waals surface area contributed by atoms with E-state index in [4.69, 9.17) is 59.5 Å². The number of nitriles is 2. The number of Topliss-reactive ketones (excluding diaryl/α,β-unsaturated/α-hetero) is 2. The van der Waals surface area contributed by atoms with Gasteiger partial charge in [-0.25, -0.2) is 20.2 Å². The fraction of sp³-hybridized carbons (Fsp3) is 0.447. The minimum absolute atomic E-state index is 0.135. The van der Waals surface area contributed by atoms with Crippen LogP contribution in [0.15, 0.2) is 68.7 Å². The van der Waals surface area contributed by atoms with Gasteiger partial charge in [0.05, 0.1) is 102 Å². The van der Waals surface area contributed by atoms with Gasteiger partial charge >= 0.3 is 0 Å². The number of fused-ring (bicyclic) bond motifs is 20. The lowest BCUT2D eigenvalue weighted by atomic mass is 9.71. The molecular formula is C94H94Cl4N4O2S10. The lowest BCUT2D eigenvalue weighted by Crippen LogP contribution is -2.25. The van der Waals surface area contributed by atoms with E-state index in [0.29, 0.717) is 44.5 Å². The summed E-state index contributed by atoms with van der Waals surface area (Å²) < 4.78 is 14.4. The Labute approximate surface area is 732 Å². The number of ketones is 2. The maximum atomic E-state index is 14.7. The predicted octanol–water partition coefficient (Wildman–Crippen LogP) is 35.9. The summed E-state index contributed by atoms with van der Waals surface area (Å²) in [5.74, 6) is 1.62. The minimum atomic E-state index is -0.253. The second kappa shape index (κ2) is 36.9. The Morgan fingerprint density at radius 2 is 0.693 bits per heavy atom. The van der Waals surface area contributed by atoms with Gasteiger partial charge in [0, 0.05) is 95.4 Å². The molecule has 15 rings (SSSR count). The lowest BCUT2D eigenvalue weighted by molar-refractivity contribution is 0.103. The molecule has 0 bridgehead atoms. The fourth-order valence-electron chi connectivity index (χ4n) is 18.4. The van der Waals surface area contributed by atoms with Crippen molar-refractivity contribution in [3.05, 3.63) is 156 Å². The molecule has 0 spiro atoms. The molecule has 20 heteroatoms. The van der Waals surface area contributed by atoms with E-state index in [1.54, 1.807) is 46.9 Å². The third kappa shape index (κ3) is 15.2. The molecule has 4 aliphatic carbocycles. The fourth-order valence-corrected chi connectivity index (χ4v) is 34.2. The Balaban J connectivity index is 0.947. The summed E-state index contributed by atoms with van der Waals surface area (Å²) in [6.45, 7) is 30.1. The van der Waals surface area contributed by atoms with Crippen LogP contribution in [0.3, 0.4) is 0 Å². The molecule has 590 valence electrons. The number of nitrogens with zero attached hydrogens (tertiary/aromatic N) is 4. The van der Waals surface area contributed by atoms with Gasteiger partial charge in [0.15, 0.2) is 11.6 Å². The molecule has 0 unspecified atom stereocenters. The van der Waals surface area contributed by atoms with Gasteiger partial charge in [-0.2, -0.15) is 0 Å². The average molecular weight is 1770 g/mol. The highest BCUT2D eigenvalue weighted by Crippen LogP contribution is 2.69. The molecule has 0 N–H and O–H groups in total. The monoisotopic (exact) mass is 1770 g/mol. The molecule has 0 amide bonds. The van der Waals surface area contributed by atoms with E-state index in [-0.39, 0.29) is 53.9 Å². The Kier molecular flexibility index (Phi) is 27.2. The number of hydrogen-bond acceptors (Lipinski definition) is 14. The van der Waals surface area contributed by atoms with Crippen LogP contribution in [0.4, 0.5) is 0 Å². The zero-order chi connectivity index (χ0) is 79.7. The standard InChI is InChI=1S/C94H94Cl4N4O2S10/c1-9-15-21-27-29-35-41-105-79-71-82(112-89-83(71)109-87-73-85(113-91(87)89)77-61(93(73,37-31-23-17-11-3)38-32-24-18-12-4)45-53(107-77)43-59-69(67(51-99)101-7)55-47-63(95)65(97)49-57(55)75(59)103)80(106-42-36-30-28-22-16-10-2)72-81(79)111-90-84(72)110-88-74-86(114-92(88)90)78-62(94(74,39-33-25-19-13-5)40-34-26-20-14-6)46-54(108-78)44-60-70(68(52-100)102-8)56-48-64(96)66(98)50-58(56)76(60)104/h43-50H,9-42H2,1-6H3/b59-43-,60-44-,69-67+,70-68?. The predicted molar refractivity (Wildman–Crippen MR) is 506 cm³/mol. The highest BCUT2D eigenvalue weighted by Gasteiger charge is 2.50. The topological polar surface area (TPSA) is 90.4 Å². The first-order chi connectivity index (χ1) is 55.6. The highest BCUT2D eigenvalue weighted by atomic mass is 35.5. The number of allylic oxidation sites excluding steroid dienone is 6. The highest BCUT2D eigenvalue weighted by molar-refractivity contribution is 8.00. The maximum absolute atomic E-state index is 14.7. The number of hydrogen-bond donors (Lipinski definition) is 0. The van der Waals surface area contributed by atoms with Crippen LogP contribution >= 0.6 is 161 Å². The molecule has 6 nitrogen and oxygen atoms in total. The molecule has 8 aromatic heterocycles. The molecule has 114 heavy (non-hydrogen) atoms. The molecular weight excluding hydrogens is 1680 g/mol. The quantitative estimate of drug-likeness (QED) is 0.0126. The molecule has 0 saturated carbocycles. The number of thiophene rings is 8. The molecule has 0 fully saturated rings. The van der Waals surface area contributed by atoms with Crippen LogP contribution in [0.1, 0.15) is 311 Å². The van der Waals surface area contributed by atoms with Crippen molar-refractivity contribution >= 4 is 253 Å². The van der Waals surface area contributed by atoms with Gasteiger partial charge in [-0.1, -0.05) is 255 Å². The van der Waals surface area contributed by atoms with Gasteiger partial charge in [-0.15, -0.1) is 114 Å². The summed E-state index contributed by atoms with van der Waals surface area (Å²) >= 11 is 46.7. The first-order valence-electron chi connectivity index (χ1n) is 41.5. The van der Waals surface area contributed by atoms with Crippen LogP contribution in [0.25, 0.3) is 110 Å². The van der Waals surface area contributed by atoms with Crippen molar-refractivity contribution in [2.24, 2.45) is 0 Å². The smallest absolute Gasteiger partial charge is 0.270 e. The van der Waals surface area contributed by atoms with Gasteiger partial charge in [0.25, 0.3) is 11.4 Å². The lowest BCUT2D eigenvalue weighted by Gasteiger charge is -2.32. The van der Waals surface area contributed by atoms with Crippen molar-refractivity contribution in [3.8, 4) is 31.6 Å². The van der Waals surface area contributed by atoms with Gasteiger partial charge in [0.1, 0.15) is 0 Å². The van der Waals surface area contributed by atoms with Crippen LogP contribution in [-0.2, 0) is 10.8 Å². The number of unbranched alkanes of at least 4 members (excludes halogenated alkanes) is 22. The average Bonchev–Trinajstić information content (AvgIpc) is 1.51. The summed E-state index contributed by atoms with van der Waals surface area (Å²) in [7, 11) is 0. The third-order valence-corrected chi connectivity index (χ3v) is 38.7. The first kappa shape index (κ1) is 84.0. The van der Waals surface area contributed by atoms with E-state index in [2.05, 4.69) is 144 Å². The molecule has 11 aromatic rings. The second-order valence-electron chi connectivity index (χ2n) is 31.4. The molecule has 0 radical (unpaired) electrons. The van der Waals surface area contributed by atoms with Gasteiger partial charge in [0.2, 0.25) is 0 Å².